The summed E-state index contributed by atoms with van der Waals surface area (Å²) < 4.78 is 1.05. The molecule has 0 spiro atoms. The van der Waals surface area contributed by atoms with Crippen LogP contribution in [0.3, 0.4) is 0 Å². The summed E-state index contributed by atoms with van der Waals surface area (Å²) in [5, 5.41) is 15.0. The van der Waals surface area contributed by atoms with Crippen LogP contribution in [0.1, 0.15) is 13.8 Å². The van der Waals surface area contributed by atoms with Crippen molar-refractivity contribution in [1.29, 1.82) is 0 Å². The third kappa shape index (κ3) is 2.96. The Hall–Kier alpha value is -1.13. The van der Waals surface area contributed by atoms with Gasteiger partial charge in [-0.1, -0.05) is 28.1 Å². The summed E-state index contributed by atoms with van der Waals surface area (Å²) in [6, 6.07) is 7.96. The van der Waals surface area contributed by atoms with Gasteiger partial charge in [-0.15, -0.1) is 0 Å². The van der Waals surface area contributed by atoms with E-state index in [1.807, 2.05) is 24.3 Å². The fourth-order valence-electron chi connectivity index (χ4n) is 1.61. The van der Waals surface area contributed by atoms with Crippen molar-refractivity contribution in [2.24, 2.45) is 0 Å². The first-order valence-electron chi connectivity index (χ1n) is 5.47. The topological polar surface area (TPSA) is 45.1 Å². The van der Waals surface area contributed by atoms with Crippen molar-refractivity contribution in [1.82, 2.24) is 4.98 Å². The number of fused-ring (bicyclic) bond motifs is 1. The van der Waals surface area contributed by atoms with Crippen molar-refractivity contribution in [3.8, 4) is 0 Å². The molecule has 1 heterocycles. The molecule has 0 fully saturated rings. The van der Waals surface area contributed by atoms with E-state index in [1.165, 1.54) is 0 Å². The summed E-state index contributed by atoms with van der Waals surface area (Å²) in [5.41, 5.74) is -0.754. The minimum Gasteiger partial charge on any atom is -0.389 e. The van der Waals surface area contributed by atoms with Crippen LogP contribution < -0.4 is 5.32 Å². The molecular formula is C13H15BrN2O. The van der Waals surface area contributed by atoms with Gasteiger partial charge in [-0.2, -0.15) is 0 Å². The second-order valence-electron chi connectivity index (χ2n) is 4.66. The Labute approximate surface area is 109 Å². The highest BCUT2D eigenvalue weighted by Gasteiger charge is 2.13. The molecule has 17 heavy (non-hydrogen) atoms. The average Bonchev–Trinajstić information content (AvgIpc) is 2.26. The molecule has 0 saturated heterocycles. The number of aliphatic hydroxyl groups is 1. The Bertz CT molecular complexity index is 534. The maximum absolute atomic E-state index is 9.71. The van der Waals surface area contributed by atoms with Crippen LogP contribution in [0, 0.1) is 0 Å². The van der Waals surface area contributed by atoms with E-state index in [4.69, 9.17) is 0 Å². The Morgan fingerprint density at radius 2 is 2.06 bits per heavy atom. The second-order valence-corrected chi connectivity index (χ2v) is 5.51. The smallest absolute Gasteiger partial charge is 0.133 e. The highest BCUT2D eigenvalue weighted by molar-refractivity contribution is 9.10. The number of anilines is 1. The molecule has 0 aliphatic heterocycles. The van der Waals surface area contributed by atoms with Gasteiger partial charge in [0.2, 0.25) is 0 Å². The predicted molar refractivity (Wildman–Crippen MR) is 74.2 cm³/mol. The molecule has 2 N–H and O–H groups in total. The molecule has 3 nitrogen and oxygen atoms in total. The first-order chi connectivity index (χ1) is 7.97. The summed E-state index contributed by atoms with van der Waals surface area (Å²) in [5.74, 6) is 0.797. The van der Waals surface area contributed by atoms with Crippen LogP contribution >= 0.6 is 15.9 Å². The number of pyridine rings is 1. The lowest BCUT2D eigenvalue weighted by Gasteiger charge is -2.18. The third-order valence-corrected chi connectivity index (χ3v) is 3.13. The van der Waals surface area contributed by atoms with E-state index in [0.717, 1.165) is 21.1 Å². The van der Waals surface area contributed by atoms with E-state index >= 15 is 0 Å². The van der Waals surface area contributed by atoms with Crippen LogP contribution in [0.4, 0.5) is 5.82 Å². The van der Waals surface area contributed by atoms with Gasteiger partial charge in [0.1, 0.15) is 5.82 Å². The molecule has 0 saturated carbocycles. The number of benzene rings is 1. The molecule has 2 rings (SSSR count). The molecule has 1 aromatic heterocycles. The Kier molecular flexibility index (Phi) is 3.35. The van der Waals surface area contributed by atoms with Crippen LogP contribution in [0.15, 0.2) is 34.9 Å². The number of aromatic nitrogens is 1. The van der Waals surface area contributed by atoms with Crippen LogP contribution in [0.5, 0.6) is 0 Å². The van der Waals surface area contributed by atoms with E-state index in [2.05, 4.69) is 26.2 Å². The van der Waals surface area contributed by atoms with E-state index in [0.29, 0.717) is 6.54 Å². The fraction of sp³-hybridized carbons (Fsp3) is 0.308. The van der Waals surface area contributed by atoms with Crippen LogP contribution in [0.2, 0.25) is 0 Å². The number of halogens is 1. The van der Waals surface area contributed by atoms with Crippen LogP contribution in [0.25, 0.3) is 10.8 Å². The van der Waals surface area contributed by atoms with Gasteiger partial charge >= 0.3 is 0 Å². The normalized spacial score (nSPS) is 11.8. The molecular weight excluding hydrogens is 280 g/mol. The Morgan fingerprint density at radius 1 is 1.29 bits per heavy atom. The molecule has 90 valence electrons. The van der Waals surface area contributed by atoms with Crippen molar-refractivity contribution in [2.75, 3.05) is 11.9 Å². The molecule has 0 bridgehead atoms. The highest BCUT2D eigenvalue weighted by Crippen LogP contribution is 2.27. The number of nitrogens with zero attached hydrogens (tertiary/aromatic N) is 1. The van der Waals surface area contributed by atoms with Crippen molar-refractivity contribution in [2.45, 2.75) is 19.4 Å². The highest BCUT2D eigenvalue weighted by atomic mass is 79.9. The Morgan fingerprint density at radius 3 is 2.76 bits per heavy atom. The van der Waals surface area contributed by atoms with Crippen molar-refractivity contribution < 1.29 is 5.11 Å². The van der Waals surface area contributed by atoms with Crippen molar-refractivity contribution in [3.63, 3.8) is 0 Å². The van der Waals surface area contributed by atoms with Crippen molar-refractivity contribution in [3.05, 3.63) is 34.9 Å². The number of hydrogen-bond donors (Lipinski definition) is 2. The van der Waals surface area contributed by atoms with E-state index in [-0.39, 0.29) is 0 Å². The quantitative estimate of drug-likeness (QED) is 0.914. The number of hydrogen-bond acceptors (Lipinski definition) is 3. The monoisotopic (exact) mass is 294 g/mol. The predicted octanol–water partition coefficient (Wildman–Crippen LogP) is 3.18. The van der Waals surface area contributed by atoms with Gasteiger partial charge < -0.3 is 10.4 Å². The summed E-state index contributed by atoms with van der Waals surface area (Å²) in [7, 11) is 0. The molecule has 0 unspecified atom stereocenters. The number of rotatable bonds is 3. The zero-order valence-corrected chi connectivity index (χ0v) is 11.5. The molecule has 0 radical (unpaired) electrons. The molecule has 0 atom stereocenters. The van der Waals surface area contributed by atoms with Gasteiger partial charge in [0.25, 0.3) is 0 Å². The van der Waals surface area contributed by atoms with Gasteiger partial charge in [-0.25, -0.2) is 4.98 Å². The summed E-state index contributed by atoms with van der Waals surface area (Å²) in [6.45, 7) is 3.99. The fourth-order valence-corrected chi connectivity index (χ4v) is 2.11. The van der Waals surface area contributed by atoms with E-state index < -0.39 is 5.60 Å². The maximum atomic E-state index is 9.71. The lowest BCUT2D eigenvalue weighted by atomic mass is 10.1. The second kappa shape index (κ2) is 4.63. The zero-order valence-electron chi connectivity index (χ0n) is 9.87. The molecule has 0 amide bonds. The largest absolute Gasteiger partial charge is 0.389 e. The number of nitrogens with one attached hydrogen (secondary N) is 1. The first kappa shape index (κ1) is 12.3. The van der Waals surface area contributed by atoms with Crippen molar-refractivity contribution >= 4 is 32.5 Å². The van der Waals surface area contributed by atoms with E-state index in [1.54, 1.807) is 20.0 Å². The van der Waals surface area contributed by atoms with Gasteiger partial charge in [0.05, 0.1) is 5.60 Å². The minimum absolute atomic E-state index is 0.464. The molecule has 1 aromatic carbocycles. The lowest BCUT2D eigenvalue weighted by molar-refractivity contribution is 0.0944. The summed E-state index contributed by atoms with van der Waals surface area (Å²) in [4.78, 5) is 4.31. The lowest BCUT2D eigenvalue weighted by Crippen LogP contribution is -2.29. The summed E-state index contributed by atoms with van der Waals surface area (Å²) >= 11 is 3.52. The Balaban J connectivity index is 2.38. The standard InChI is InChI=1S/C13H15BrN2O/c1-13(2,17)8-16-12-10-4-3-5-11(14)9(10)6-7-15-12/h3-7,17H,8H2,1-2H3,(H,15,16). The SMILES string of the molecule is CC(C)(O)CNc1nccc2c(Br)cccc12. The first-order valence-corrected chi connectivity index (χ1v) is 6.26. The third-order valence-electron chi connectivity index (χ3n) is 2.44. The van der Waals surface area contributed by atoms with Crippen LogP contribution in [-0.4, -0.2) is 22.2 Å². The van der Waals surface area contributed by atoms with Gasteiger partial charge in [0, 0.05) is 28.0 Å². The zero-order chi connectivity index (χ0) is 12.5. The average molecular weight is 295 g/mol. The molecule has 2 aromatic rings. The van der Waals surface area contributed by atoms with Gasteiger partial charge in [-0.3, -0.25) is 0 Å². The van der Waals surface area contributed by atoms with Crippen LogP contribution in [-0.2, 0) is 0 Å². The molecule has 4 heteroatoms. The minimum atomic E-state index is -0.754. The summed E-state index contributed by atoms with van der Waals surface area (Å²) in [6.07, 6.45) is 1.76. The van der Waals surface area contributed by atoms with Gasteiger partial charge in [-0.05, 0) is 26.0 Å². The molecule has 0 aliphatic carbocycles. The van der Waals surface area contributed by atoms with E-state index in [9.17, 15) is 5.11 Å². The maximum Gasteiger partial charge on any atom is 0.133 e. The molecule has 0 aliphatic rings. The van der Waals surface area contributed by atoms with Gasteiger partial charge in [0.15, 0.2) is 0 Å².